The average Bonchev–Trinajstić information content (AvgIpc) is 3.24. The topological polar surface area (TPSA) is 59.8 Å². The molecule has 1 aliphatic rings. The normalized spacial score (nSPS) is 14.3. The fraction of sp³-hybridized carbons (Fsp3) is 0.200. The van der Waals surface area contributed by atoms with E-state index in [1.165, 1.54) is 0 Å². The Morgan fingerprint density at radius 2 is 2.00 bits per heavy atom. The second-order valence-corrected chi connectivity index (χ2v) is 6.65. The van der Waals surface area contributed by atoms with Gasteiger partial charge in [-0.05, 0) is 49.2 Å². The number of anilines is 1. The molecule has 2 heterocycles. The Balaban J connectivity index is 1.49. The summed E-state index contributed by atoms with van der Waals surface area (Å²) in [5, 5.41) is 1.26. The number of esters is 1. The molecular weight excluding hydrogens is 354 g/mol. The maximum atomic E-state index is 12.7. The van der Waals surface area contributed by atoms with E-state index in [0.29, 0.717) is 22.5 Å². The quantitative estimate of drug-likeness (QED) is 0.648. The van der Waals surface area contributed by atoms with Crippen molar-refractivity contribution in [3.05, 3.63) is 64.9 Å². The Labute approximate surface area is 155 Å². The predicted octanol–water partition coefficient (Wildman–Crippen LogP) is 4.22. The van der Waals surface area contributed by atoms with Gasteiger partial charge in [-0.25, -0.2) is 4.79 Å². The molecule has 0 N–H and O–H groups in total. The Hall–Kier alpha value is -2.79. The summed E-state index contributed by atoms with van der Waals surface area (Å²) in [7, 11) is 0. The van der Waals surface area contributed by atoms with E-state index in [-0.39, 0.29) is 11.7 Å². The molecule has 0 spiro atoms. The zero-order chi connectivity index (χ0) is 18.3. The highest BCUT2D eigenvalue weighted by Gasteiger charge is 2.30. The lowest BCUT2D eigenvalue weighted by molar-refractivity contribution is -0.126. The number of rotatable bonds is 3. The van der Waals surface area contributed by atoms with Gasteiger partial charge in [0.15, 0.2) is 6.10 Å². The summed E-state index contributed by atoms with van der Waals surface area (Å²) in [4.78, 5) is 26.7. The molecule has 2 aromatic carbocycles. The van der Waals surface area contributed by atoms with Crippen molar-refractivity contribution in [3.63, 3.8) is 0 Å². The largest absolute Gasteiger partial charge is 0.449 e. The maximum Gasteiger partial charge on any atom is 0.375 e. The fourth-order valence-electron chi connectivity index (χ4n) is 3.17. The van der Waals surface area contributed by atoms with Gasteiger partial charge in [0.05, 0.1) is 0 Å². The van der Waals surface area contributed by atoms with Crippen molar-refractivity contribution < 1.29 is 18.7 Å². The van der Waals surface area contributed by atoms with Crippen LogP contribution < -0.4 is 4.90 Å². The standard InChI is InChI=1S/C20H16ClNO4/c1-12(19(23)22-9-8-13-4-2-3-5-16(13)22)25-20(24)18-11-14-10-15(21)6-7-17(14)26-18/h2-7,10-12H,8-9H2,1H3/t12-/m0/s1. The first kappa shape index (κ1) is 16.7. The summed E-state index contributed by atoms with van der Waals surface area (Å²) >= 11 is 5.94. The van der Waals surface area contributed by atoms with Gasteiger partial charge in [-0.3, -0.25) is 4.79 Å². The van der Waals surface area contributed by atoms with E-state index in [0.717, 1.165) is 17.7 Å². The van der Waals surface area contributed by atoms with Crippen LogP contribution in [0.15, 0.2) is 52.9 Å². The summed E-state index contributed by atoms with van der Waals surface area (Å²) in [5.74, 6) is -0.878. The Kier molecular flexibility index (Phi) is 4.17. The lowest BCUT2D eigenvalue weighted by atomic mass is 10.2. The number of ether oxygens (including phenoxy) is 1. The van der Waals surface area contributed by atoms with Crippen LogP contribution in [0.2, 0.25) is 5.02 Å². The predicted molar refractivity (Wildman–Crippen MR) is 98.6 cm³/mol. The second kappa shape index (κ2) is 6.50. The third kappa shape index (κ3) is 2.95. The van der Waals surface area contributed by atoms with E-state index in [9.17, 15) is 9.59 Å². The summed E-state index contributed by atoms with van der Waals surface area (Å²) < 4.78 is 10.8. The zero-order valence-corrected chi connectivity index (χ0v) is 14.8. The van der Waals surface area contributed by atoms with Crippen LogP contribution in [0.4, 0.5) is 5.69 Å². The summed E-state index contributed by atoms with van der Waals surface area (Å²) in [6, 6.07) is 14.4. The van der Waals surface area contributed by atoms with Crippen molar-refractivity contribution in [2.75, 3.05) is 11.4 Å². The zero-order valence-electron chi connectivity index (χ0n) is 14.1. The number of carbonyl (C=O) groups is 2. The molecule has 4 rings (SSSR count). The molecule has 6 heteroatoms. The molecule has 0 unspecified atom stereocenters. The highest BCUT2D eigenvalue weighted by molar-refractivity contribution is 6.31. The first-order valence-electron chi connectivity index (χ1n) is 8.32. The van der Waals surface area contributed by atoms with Gasteiger partial charge < -0.3 is 14.1 Å². The minimum absolute atomic E-state index is 0.0451. The van der Waals surface area contributed by atoms with Crippen LogP contribution in [0.5, 0.6) is 0 Å². The minimum atomic E-state index is -0.912. The van der Waals surface area contributed by atoms with Crippen LogP contribution >= 0.6 is 11.6 Å². The Bertz CT molecular complexity index is 1010. The van der Waals surface area contributed by atoms with Crippen molar-refractivity contribution in [1.29, 1.82) is 0 Å². The van der Waals surface area contributed by atoms with E-state index >= 15 is 0 Å². The fourth-order valence-corrected chi connectivity index (χ4v) is 3.35. The SMILES string of the molecule is C[C@H](OC(=O)c1cc2cc(Cl)ccc2o1)C(=O)N1CCc2ccccc21. The van der Waals surface area contributed by atoms with E-state index in [1.54, 1.807) is 36.1 Å². The smallest absolute Gasteiger partial charge is 0.375 e. The highest BCUT2D eigenvalue weighted by Crippen LogP contribution is 2.28. The monoisotopic (exact) mass is 369 g/mol. The summed E-state index contributed by atoms with van der Waals surface area (Å²) in [5.41, 5.74) is 2.53. The van der Waals surface area contributed by atoms with Crippen LogP contribution in [0.25, 0.3) is 11.0 Å². The van der Waals surface area contributed by atoms with Crippen molar-refractivity contribution in [2.24, 2.45) is 0 Å². The Morgan fingerprint density at radius 1 is 1.19 bits per heavy atom. The number of halogens is 1. The van der Waals surface area contributed by atoms with Gasteiger partial charge in [0.25, 0.3) is 5.91 Å². The molecule has 1 aliphatic heterocycles. The molecule has 3 aromatic rings. The minimum Gasteiger partial charge on any atom is -0.449 e. The number of amides is 1. The molecule has 0 saturated carbocycles. The van der Waals surface area contributed by atoms with Crippen LogP contribution in [-0.4, -0.2) is 24.5 Å². The van der Waals surface area contributed by atoms with Gasteiger partial charge in [0, 0.05) is 22.6 Å². The van der Waals surface area contributed by atoms with E-state index in [2.05, 4.69) is 0 Å². The van der Waals surface area contributed by atoms with Gasteiger partial charge in [-0.1, -0.05) is 29.8 Å². The third-order valence-corrected chi connectivity index (χ3v) is 4.70. The first-order valence-corrected chi connectivity index (χ1v) is 8.70. The Morgan fingerprint density at radius 3 is 2.85 bits per heavy atom. The molecule has 0 saturated heterocycles. The molecule has 0 radical (unpaired) electrons. The average molecular weight is 370 g/mol. The first-order chi connectivity index (χ1) is 12.5. The van der Waals surface area contributed by atoms with Gasteiger partial charge >= 0.3 is 5.97 Å². The van der Waals surface area contributed by atoms with E-state index in [1.807, 2.05) is 24.3 Å². The number of hydrogen-bond acceptors (Lipinski definition) is 4. The highest BCUT2D eigenvalue weighted by atomic mass is 35.5. The molecule has 0 aliphatic carbocycles. The molecule has 5 nitrogen and oxygen atoms in total. The van der Waals surface area contributed by atoms with Crippen molar-refractivity contribution in [3.8, 4) is 0 Å². The van der Waals surface area contributed by atoms with Gasteiger partial charge in [0.1, 0.15) is 5.58 Å². The number of benzene rings is 2. The third-order valence-electron chi connectivity index (χ3n) is 4.46. The number of nitrogens with zero attached hydrogens (tertiary/aromatic N) is 1. The van der Waals surface area contributed by atoms with Crippen LogP contribution in [0.3, 0.4) is 0 Å². The van der Waals surface area contributed by atoms with Gasteiger partial charge in [-0.2, -0.15) is 0 Å². The molecule has 1 aromatic heterocycles. The molecule has 132 valence electrons. The van der Waals surface area contributed by atoms with Gasteiger partial charge in [-0.15, -0.1) is 0 Å². The van der Waals surface area contributed by atoms with Crippen molar-refractivity contribution >= 4 is 40.1 Å². The summed E-state index contributed by atoms with van der Waals surface area (Å²) in [6.45, 7) is 2.16. The number of furan rings is 1. The number of para-hydroxylation sites is 1. The molecule has 26 heavy (non-hydrogen) atoms. The maximum absolute atomic E-state index is 12.7. The van der Waals surface area contributed by atoms with Crippen molar-refractivity contribution in [2.45, 2.75) is 19.4 Å². The number of fused-ring (bicyclic) bond motifs is 2. The second-order valence-electron chi connectivity index (χ2n) is 6.21. The van der Waals surface area contributed by atoms with Crippen LogP contribution in [0.1, 0.15) is 23.0 Å². The molecule has 1 amide bonds. The van der Waals surface area contributed by atoms with E-state index in [4.69, 9.17) is 20.8 Å². The molecular formula is C20H16ClNO4. The molecule has 0 fully saturated rings. The van der Waals surface area contributed by atoms with Crippen LogP contribution in [0, 0.1) is 0 Å². The summed E-state index contributed by atoms with van der Waals surface area (Å²) in [6.07, 6.45) is -0.113. The van der Waals surface area contributed by atoms with E-state index < -0.39 is 12.1 Å². The lowest BCUT2D eigenvalue weighted by Crippen LogP contribution is -2.39. The van der Waals surface area contributed by atoms with Gasteiger partial charge in [0.2, 0.25) is 5.76 Å². The molecule has 1 atom stereocenters. The number of carbonyl (C=O) groups excluding carboxylic acids is 2. The lowest BCUT2D eigenvalue weighted by Gasteiger charge is -2.21. The molecule has 0 bridgehead atoms. The number of hydrogen-bond donors (Lipinski definition) is 0. The van der Waals surface area contributed by atoms with Crippen LogP contribution in [-0.2, 0) is 16.0 Å². The van der Waals surface area contributed by atoms with Crippen molar-refractivity contribution in [1.82, 2.24) is 0 Å².